The van der Waals surface area contributed by atoms with E-state index in [-0.39, 0.29) is 22.5 Å². The molecule has 0 unspecified atom stereocenters. The Morgan fingerprint density at radius 2 is 1.47 bits per heavy atom. The van der Waals surface area contributed by atoms with Crippen molar-refractivity contribution in [3.05, 3.63) is 84.4 Å². The molecule has 34 heavy (non-hydrogen) atoms. The molecule has 0 spiro atoms. The highest BCUT2D eigenvalue weighted by Crippen LogP contribution is 2.27. The van der Waals surface area contributed by atoms with Crippen LogP contribution in [0.25, 0.3) is 11.0 Å². The van der Waals surface area contributed by atoms with Crippen molar-refractivity contribution < 1.29 is 17.9 Å². The molecule has 0 bridgehead atoms. The first kappa shape index (κ1) is 23.2. The van der Waals surface area contributed by atoms with Gasteiger partial charge in [-0.05, 0) is 55.0 Å². The van der Waals surface area contributed by atoms with Crippen molar-refractivity contribution in [2.24, 2.45) is 0 Å². The summed E-state index contributed by atoms with van der Waals surface area (Å²) < 4.78 is 33.6. The van der Waals surface area contributed by atoms with E-state index in [1.165, 1.54) is 12.1 Å². The number of benzene rings is 3. The Hall–Kier alpha value is -3.98. The molecule has 0 aliphatic carbocycles. The minimum absolute atomic E-state index is 0.0607. The molecule has 0 radical (unpaired) electrons. The molecule has 4 aromatic rings. The van der Waals surface area contributed by atoms with Crippen LogP contribution < -0.4 is 10.0 Å². The van der Waals surface area contributed by atoms with Gasteiger partial charge in [-0.2, -0.15) is 0 Å². The first-order valence-corrected chi connectivity index (χ1v) is 12.3. The van der Waals surface area contributed by atoms with Gasteiger partial charge in [0, 0.05) is 5.69 Å². The zero-order valence-electron chi connectivity index (χ0n) is 18.6. The smallest absolute Gasteiger partial charge is 0.338 e. The fraction of sp³-hybridized carbons (Fsp3) is 0.160. The number of nitrogens with one attached hydrogen (secondary N) is 2. The van der Waals surface area contributed by atoms with E-state index < -0.39 is 10.0 Å². The molecule has 0 aliphatic heterocycles. The lowest BCUT2D eigenvalue weighted by Gasteiger charge is -2.14. The fourth-order valence-corrected chi connectivity index (χ4v) is 4.19. The largest absolute Gasteiger partial charge is 0.462 e. The van der Waals surface area contributed by atoms with Crippen LogP contribution in [-0.4, -0.2) is 31.0 Å². The maximum atomic E-state index is 12.9. The molecule has 8 nitrogen and oxygen atoms in total. The summed E-state index contributed by atoms with van der Waals surface area (Å²) in [5.74, 6) is -0.0936. The van der Waals surface area contributed by atoms with Gasteiger partial charge >= 0.3 is 5.97 Å². The Morgan fingerprint density at radius 3 is 2.12 bits per heavy atom. The van der Waals surface area contributed by atoms with Crippen molar-refractivity contribution in [3.63, 3.8) is 0 Å². The fourth-order valence-electron chi connectivity index (χ4n) is 3.16. The van der Waals surface area contributed by atoms with E-state index in [4.69, 9.17) is 4.74 Å². The summed E-state index contributed by atoms with van der Waals surface area (Å²) in [4.78, 5) is 21.3. The maximum absolute atomic E-state index is 12.9. The van der Waals surface area contributed by atoms with Gasteiger partial charge in [-0.3, -0.25) is 4.72 Å². The number of sulfonamides is 1. The van der Waals surface area contributed by atoms with Gasteiger partial charge in [0.15, 0.2) is 11.6 Å². The highest BCUT2D eigenvalue weighted by atomic mass is 32.2. The molecule has 174 valence electrons. The molecule has 2 N–H and O–H groups in total. The van der Waals surface area contributed by atoms with E-state index >= 15 is 0 Å². The average molecular weight is 477 g/mol. The lowest BCUT2D eigenvalue weighted by Crippen LogP contribution is -2.16. The normalized spacial score (nSPS) is 11.2. The van der Waals surface area contributed by atoms with Crippen LogP contribution >= 0.6 is 0 Å². The van der Waals surface area contributed by atoms with Crippen molar-refractivity contribution in [3.8, 4) is 0 Å². The van der Waals surface area contributed by atoms with Crippen LogP contribution in [0, 0.1) is 0 Å². The second-order valence-corrected chi connectivity index (χ2v) is 9.20. The number of unbranched alkanes of at least 4 members (excludes halogenated alkanes) is 1. The molecule has 0 atom stereocenters. The molecular formula is C25H24N4O4S. The number of para-hydroxylation sites is 2. The van der Waals surface area contributed by atoms with Crippen LogP contribution in [-0.2, 0) is 14.8 Å². The lowest BCUT2D eigenvalue weighted by molar-refractivity contribution is 0.0500. The third-order valence-corrected chi connectivity index (χ3v) is 6.32. The topological polar surface area (TPSA) is 110 Å². The molecule has 1 heterocycles. The van der Waals surface area contributed by atoms with Crippen molar-refractivity contribution in [2.45, 2.75) is 24.7 Å². The number of hydrogen-bond acceptors (Lipinski definition) is 7. The molecule has 4 rings (SSSR count). The third-order valence-electron chi connectivity index (χ3n) is 4.97. The van der Waals surface area contributed by atoms with Crippen LogP contribution in [0.1, 0.15) is 30.1 Å². The quantitative estimate of drug-likeness (QED) is 0.254. The summed E-state index contributed by atoms with van der Waals surface area (Å²) >= 11 is 0. The number of fused-ring (bicyclic) bond motifs is 1. The van der Waals surface area contributed by atoms with E-state index in [0.29, 0.717) is 28.9 Å². The second-order valence-electron chi connectivity index (χ2n) is 7.52. The highest BCUT2D eigenvalue weighted by Gasteiger charge is 2.19. The van der Waals surface area contributed by atoms with Crippen molar-refractivity contribution in [1.29, 1.82) is 0 Å². The zero-order valence-corrected chi connectivity index (χ0v) is 19.4. The Labute approximate surface area is 198 Å². The van der Waals surface area contributed by atoms with E-state index in [2.05, 4.69) is 20.0 Å². The Kier molecular flexibility index (Phi) is 7.03. The van der Waals surface area contributed by atoms with Crippen molar-refractivity contribution >= 4 is 44.3 Å². The molecule has 0 saturated carbocycles. The second kappa shape index (κ2) is 10.3. The number of carbonyl (C=O) groups excluding carboxylic acids is 1. The molecule has 9 heteroatoms. The van der Waals surface area contributed by atoms with Gasteiger partial charge in [0.2, 0.25) is 0 Å². The number of ether oxygens (including phenoxy) is 1. The summed E-state index contributed by atoms with van der Waals surface area (Å²) in [6, 6.07) is 21.9. The maximum Gasteiger partial charge on any atom is 0.338 e. The molecule has 0 fully saturated rings. The first-order valence-electron chi connectivity index (χ1n) is 10.8. The van der Waals surface area contributed by atoms with E-state index in [1.807, 2.05) is 13.0 Å². The summed E-state index contributed by atoms with van der Waals surface area (Å²) in [6.45, 7) is 2.41. The minimum atomic E-state index is -3.88. The van der Waals surface area contributed by atoms with Crippen LogP contribution in [0.2, 0.25) is 0 Å². The van der Waals surface area contributed by atoms with Crippen LogP contribution in [0.4, 0.5) is 17.3 Å². The van der Waals surface area contributed by atoms with Gasteiger partial charge in [-0.15, -0.1) is 0 Å². The first-order chi connectivity index (χ1) is 16.5. The van der Waals surface area contributed by atoms with Crippen molar-refractivity contribution in [1.82, 2.24) is 9.97 Å². The van der Waals surface area contributed by atoms with E-state index in [1.54, 1.807) is 60.7 Å². The number of nitrogens with zero attached hydrogens (tertiary/aromatic N) is 2. The number of anilines is 3. The van der Waals surface area contributed by atoms with Crippen molar-refractivity contribution in [2.75, 3.05) is 16.6 Å². The van der Waals surface area contributed by atoms with Gasteiger partial charge in [0.05, 0.1) is 28.1 Å². The van der Waals surface area contributed by atoms with Gasteiger partial charge < -0.3 is 10.1 Å². The van der Waals surface area contributed by atoms with Crippen LogP contribution in [0.15, 0.2) is 83.8 Å². The molecule has 1 aromatic heterocycles. The summed E-state index contributed by atoms with van der Waals surface area (Å²) in [7, 11) is -3.88. The molecule has 0 amide bonds. The monoisotopic (exact) mass is 476 g/mol. The molecular weight excluding hydrogens is 452 g/mol. The predicted octanol–water partition coefficient (Wildman–Crippen LogP) is 5.13. The number of hydrogen-bond donors (Lipinski definition) is 2. The predicted molar refractivity (Wildman–Crippen MR) is 132 cm³/mol. The number of aromatic nitrogens is 2. The summed E-state index contributed by atoms with van der Waals surface area (Å²) in [5.41, 5.74) is 2.18. The minimum Gasteiger partial charge on any atom is -0.462 e. The zero-order chi connectivity index (χ0) is 24.0. The number of rotatable bonds is 9. The molecule has 3 aromatic carbocycles. The highest BCUT2D eigenvalue weighted by molar-refractivity contribution is 7.92. The summed E-state index contributed by atoms with van der Waals surface area (Å²) in [5, 5.41) is 3.10. The standard InChI is InChI=1S/C25H24N4O4S/c1-2-3-17-33-25(30)18-13-15-19(16-14-18)26-23-24(28-22-12-8-7-11-21(22)27-23)29-34(31,32)20-9-5-4-6-10-20/h4-16H,2-3,17H2,1H3,(H,26,27)(H,28,29). The Balaban J connectivity index is 1.62. The third kappa shape index (κ3) is 5.49. The number of carbonyl (C=O) groups is 1. The van der Waals surface area contributed by atoms with Gasteiger partial charge in [-0.25, -0.2) is 23.2 Å². The van der Waals surface area contributed by atoms with Gasteiger partial charge in [-0.1, -0.05) is 43.7 Å². The van der Waals surface area contributed by atoms with Gasteiger partial charge in [0.25, 0.3) is 10.0 Å². The van der Waals surface area contributed by atoms with Crippen LogP contribution in [0.5, 0.6) is 0 Å². The lowest BCUT2D eigenvalue weighted by atomic mass is 10.2. The van der Waals surface area contributed by atoms with E-state index in [9.17, 15) is 13.2 Å². The Morgan fingerprint density at radius 1 is 0.853 bits per heavy atom. The van der Waals surface area contributed by atoms with Gasteiger partial charge in [0.1, 0.15) is 0 Å². The Bertz CT molecular complexity index is 1390. The summed E-state index contributed by atoms with van der Waals surface area (Å²) in [6.07, 6.45) is 1.76. The molecule has 0 saturated heterocycles. The molecule has 0 aliphatic rings. The van der Waals surface area contributed by atoms with E-state index in [0.717, 1.165) is 12.8 Å². The van der Waals surface area contributed by atoms with Crippen LogP contribution in [0.3, 0.4) is 0 Å². The number of esters is 1. The SMILES string of the molecule is CCCCOC(=O)c1ccc(Nc2nc3ccccc3nc2NS(=O)(=O)c2ccccc2)cc1. The average Bonchev–Trinajstić information content (AvgIpc) is 2.85.